The van der Waals surface area contributed by atoms with E-state index in [4.69, 9.17) is 29.3 Å². The van der Waals surface area contributed by atoms with Crippen molar-refractivity contribution in [3.05, 3.63) is 23.8 Å². The van der Waals surface area contributed by atoms with Crippen LogP contribution in [0.5, 0.6) is 11.5 Å². The highest BCUT2D eigenvalue weighted by molar-refractivity contribution is 6.27. The molecule has 1 aliphatic heterocycles. The van der Waals surface area contributed by atoms with Crippen molar-refractivity contribution >= 4 is 23.9 Å². The van der Waals surface area contributed by atoms with Crippen molar-refractivity contribution in [3.8, 4) is 11.5 Å². The van der Waals surface area contributed by atoms with Gasteiger partial charge in [-0.25, -0.2) is 9.59 Å². The molecule has 27 heavy (non-hydrogen) atoms. The Morgan fingerprint density at radius 2 is 1.56 bits per heavy atom. The molecule has 0 amide bonds. The summed E-state index contributed by atoms with van der Waals surface area (Å²) in [6, 6.07) is 5.45. The number of hydrogen-bond acceptors (Lipinski definition) is 7. The molecule has 0 aliphatic carbocycles. The lowest BCUT2D eigenvalue weighted by Crippen LogP contribution is -2.30. The molecule has 0 aromatic heterocycles. The molecule has 1 atom stereocenters. The van der Waals surface area contributed by atoms with Gasteiger partial charge in [0, 0.05) is 20.4 Å². The lowest BCUT2D eigenvalue weighted by Gasteiger charge is -2.30. The zero-order valence-electron chi connectivity index (χ0n) is 15.4. The van der Waals surface area contributed by atoms with Gasteiger partial charge in [-0.2, -0.15) is 0 Å². The summed E-state index contributed by atoms with van der Waals surface area (Å²) in [5.41, 5.74) is 1.11. The molecule has 1 aromatic carbocycles. The molecule has 1 saturated heterocycles. The molecule has 2 rings (SSSR count). The van der Waals surface area contributed by atoms with Crippen LogP contribution in [0.4, 0.5) is 0 Å². The van der Waals surface area contributed by atoms with Crippen LogP contribution in [-0.4, -0.2) is 59.1 Å². The molecular formula is C18H23NO8. The van der Waals surface area contributed by atoms with E-state index in [1.165, 1.54) is 13.8 Å². The lowest BCUT2D eigenvalue weighted by atomic mass is 9.90. The molecule has 0 saturated carbocycles. The van der Waals surface area contributed by atoms with Gasteiger partial charge in [0.25, 0.3) is 0 Å². The average Bonchev–Trinajstić information content (AvgIpc) is 2.56. The van der Waals surface area contributed by atoms with Gasteiger partial charge in [-0.1, -0.05) is 6.07 Å². The molecule has 1 aromatic rings. The molecule has 0 spiro atoms. The van der Waals surface area contributed by atoms with E-state index < -0.39 is 23.9 Å². The van der Waals surface area contributed by atoms with Crippen LogP contribution in [0.3, 0.4) is 0 Å². The number of piperidine rings is 1. The SMILES string of the molecule is CC(=O)Oc1ccc(C2CCCN(C)C2)cc1OC(C)=O.O=C(O)C(=O)O. The molecule has 1 unspecified atom stereocenters. The largest absolute Gasteiger partial charge is 0.473 e. The summed E-state index contributed by atoms with van der Waals surface area (Å²) in [7, 11) is 2.10. The van der Waals surface area contributed by atoms with E-state index in [1.54, 1.807) is 6.07 Å². The fraction of sp³-hybridized carbons (Fsp3) is 0.444. The highest BCUT2D eigenvalue weighted by Gasteiger charge is 2.21. The summed E-state index contributed by atoms with van der Waals surface area (Å²) >= 11 is 0. The number of esters is 2. The summed E-state index contributed by atoms with van der Waals surface area (Å²) in [4.78, 5) is 42.8. The maximum atomic E-state index is 11.2. The predicted molar refractivity (Wildman–Crippen MR) is 93.8 cm³/mol. The van der Waals surface area contributed by atoms with E-state index in [0.29, 0.717) is 11.7 Å². The van der Waals surface area contributed by atoms with Crippen LogP contribution in [0.15, 0.2) is 18.2 Å². The van der Waals surface area contributed by atoms with Gasteiger partial charge in [0.2, 0.25) is 0 Å². The van der Waals surface area contributed by atoms with Gasteiger partial charge in [0.1, 0.15) is 0 Å². The summed E-state index contributed by atoms with van der Waals surface area (Å²) in [6.07, 6.45) is 2.26. The van der Waals surface area contributed by atoms with Crippen molar-refractivity contribution < 1.29 is 38.9 Å². The second kappa shape index (κ2) is 10.3. The number of carbonyl (C=O) groups is 4. The summed E-state index contributed by atoms with van der Waals surface area (Å²) in [5, 5.41) is 14.8. The number of carboxylic acid groups (broad SMARTS) is 2. The number of likely N-dealkylation sites (tertiary alicyclic amines) is 1. The van der Waals surface area contributed by atoms with Gasteiger partial charge < -0.3 is 24.6 Å². The summed E-state index contributed by atoms with van der Waals surface area (Å²) < 4.78 is 10.3. The zero-order chi connectivity index (χ0) is 20.6. The molecule has 148 valence electrons. The van der Waals surface area contributed by atoms with Crippen molar-refractivity contribution in [2.75, 3.05) is 20.1 Å². The Kier molecular flexibility index (Phi) is 8.40. The van der Waals surface area contributed by atoms with Crippen molar-refractivity contribution in [2.24, 2.45) is 0 Å². The Hall–Kier alpha value is -2.94. The Morgan fingerprint density at radius 1 is 1.00 bits per heavy atom. The quantitative estimate of drug-likeness (QED) is 0.454. The molecule has 2 N–H and O–H groups in total. The number of ether oxygens (including phenoxy) is 2. The first kappa shape index (κ1) is 22.1. The zero-order valence-corrected chi connectivity index (χ0v) is 15.4. The van der Waals surface area contributed by atoms with Crippen molar-refractivity contribution in [2.45, 2.75) is 32.6 Å². The number of aliphatic carboxylic acids is 2. The lowest BCUT2D eigenvalue weighted by molar-refractivity contribution is -0.159. The normalized spacial score (nSPS) is 16.5. The molecular weight excluding hydrogens is 358 g/mol. The van der Waals surface area contributed by atoms with Gasteiger partial charge in [-0.15, -0.1) is 0 Å². The van der Waals surface area contributed by atoms with E-state index >= 15 is 0 Å². The standard InChI is InChI=1S/C16H21NO4.C2H2O4/c1-11(18)20-15-7-6-13(9-16(15)21-12(2)19)14-5-4-8-17(3)10-14;3-1(4)2(5)6/h6-7,9,14H,4-5,8,10H2,1-3H3;(H,3,4)(H,5,6). The van der Waals surface area contributed by atoms with Crippen LogP contribution in [0.1, 0.15) is 38.2 Å². The minimum Gasteiger partial charge on any atom is -0.473 e. The van der Waals surface area contributed by atoms with E-state index in [0.717, 1.165) is 31.5 Å². The van der Waals surface area contributed by atoms with E-state index in [-0.39, 0.29) is 5.75 Å². The van der Waals surface area contributed by atoms with E-state index in [2.05, 4.69) is 11.9 Å². The molecule has 9 nitrogen and oxygen atoms in total. The van der Waals surface area contributed by atoms with Crippen LogP contribution >= 0.6 is 0 Å². The molecule has 1 fully saturated rings. The maximum absolute atomic E-state index is 11.2. The summed E-state index contributed by atoms with van der Waals surface area (Å²) in [6.45, 7) is 4.74. The third-order valence-electron chi connectivity index (χ3n) is 3.75. The van der Waals surface area contributed by atoms with Crippen LogP contribution in [0, 0.1) is 0 Å². The van der Waals surface area contributed by atoms with E-state index in [9.17, 15) is 9.59 Å². The second-order valence-corrected chi connectivity index (χ2v) is 6.11. The fourth-order valence-corrected chi connectivity index (χ4v) is 2.69. The number of benzene rings is 1. The third-order valence-corrected chi connectivity index (χ3v) is 3.75. The first-order valence-electron chi connectivity index (χ1n) is 8.25. The third kappa shape index (κ3) is 7.87. The minimum absolute atomic E-state index is 0.283. The Morgan fingerprint density at radius 3 is 2.04 bits per heavy atom. The van der Waals surface area contributed by atoms with E-state index in [1.807, 2.05) is 12.1 Å². The van der Waals surface area contributed by atoms with Gasteiger partial charge in [0.05, 0.1) is 0 Å². The van der Waals surface area contributed by atoms with Crippen LogP contribution < -0.4 is 9.47 Å². The Bertz CT molecular complexity index is 703. The minimum atomic E-state index is -1.82. The molecule has 1 aliphatic rings. The smallest absolute Gasteiger partial charge is 0.414 e. The molecule has 0 radical (unpaired) electrons. The molecule has 0 bridgehead atoms. The van der Waals surface area contributed by atoms with Gasteiger partial charge >= 0.3 is 23.9 Å². The highest BCUT2D eigenvalue weighted by atomic mass is 16.6. The first-order valence-corrected chi connectivity index (χ1v) is 8.25. The van der Waals surface area contributed by atoms with Crippen molar-refractivity contribution in [3.63, 3.8) is 0 Å². The highest BCUT2D eigenvalue weighted by Crippen LogP contribution is 2.34. The number of hydrogen-bond donors (Lipinski definition) is 2. The second-order valence-electron chi connectivity index (χ2n) is 6.11. The van der Waals surface area contributed by atoms with Crippen molar-refractivity contribution in [1.29, 1.82) is 0 Å². The number of likely N-dealkylation sites (N-methyl/N-ethyl adjacent to an activating group) is 1. The predicted octanol–water partition coefficient (Wildman–Crippen LogP) is 1.50. The first-order chi connectivity index (χ1) is 12.6. The van der Waals surface area contributed by atoms with Crippen molar-refractivity contribution in [1.82, 2.24) is 4.90 Å². The number of carboxylic acids is 2. The van der Waals surface area contributed by atoms with Gasteiger partial charge in [-0.05, 0) is 50.0 Å². The Balaban J connectivity index is 0.000000527. The number of carbonyl (C=O) groups excluding carboxylic acids is 2. The number of nitrogens with zero attached hydrogens (tertiary/aromatic N) is 1. The average molecular weight is 381 g/mol. The number of rotatable bonds is 3. The van der Waals surface area contributed by atoms with Gasteiger partial charge in [-0.3, -0.25) is 9.59 Å². The summed E-state index contributed by atoms with van der Waals surface area (Å²) in [5.74, 6) is -3.52. The maximum Gasteiger partial charge on any atom is 0.414 e. The fourth-order valence-electron chi connectivity index (χ4n) is 2.69. The topological polar surface area (TPSA) is 130 Å². The van der Waals surface area contributed by atoms with Crippen LogP contribution in [0.25, 0.3) is 0 Å². The van der Waals surface area contributed by atoms with Gasteiger partial charge in [0.15, 0.2) is 11.5 Å². The molecule has 9 heteroatoms. The van der Waals surface area contributed by atoms with Crippen LogP contribution in [0.2, 0.25) is 0 Å². The molecule has 1 heterocycles. The Labute approximate surface area is 156 Å². The monoisotopic (exact) mass is 381 g/mol. The van der Waals surface area contributed by atoms with Crippen LogP contribution in [-0.2, 0) is 19.2 Å².